The fourth-order valence-corrected chi connectivity index (χ4v) is 4.02. The van der Waals surface area contributed by atoms with Gasteiger partial charge in [-0.15, -0.1) is 0 Å². The Bertz CT molecular complexity index is 656. The van der Waals surface area contributed by atoms with E-state index in [4.69, 9.17) is 4.74 Å². The maximum Gasteiger partial charge on any atom is 0.311 e. The number of thioether (sulfide) groups is 1. The number of carboxylic acids is 1. The molecule has 2 rings (SSSR count). The summed E-state index contributed by atoms with van der Waals surface area (Å²) in [4.78, 5) is 35.6. The van der Waals surface area contributed by atoms with E-state index in [0.29, 0.717) is 29.2 Å². The molecule has 1 fully saturated rings. The van der Waals surface area contributed by atoms with Crippen molar-refractivity contribution in [3.05, 3.63) is 23.8 Å². The molecule has 130 valence electrons. The molecule has 1 heterocycles. The van der Waals surface area contributed by atoms with Gasteiger partial charge in [0.05, 0.1) is 18.2 Å². The van der Waals surface area contributed by atoms with Gasteiger partial charge in [0.25, 0.3) is 5.91 Å². The van der Waals surface area contributed by atoms with Gasteiger partial charge in [0, 0.05) is 24.8 Å². The zero-order chi connectivity index (χ0) is 17.7. The van der Waals surface area contributed by atoms with Crippen molar-refractivity contribution in [2.75, 3.05) is 31.0 Å². The third kappa shape index (κ3) is 3.81. The van der Waals surface area contributed by atoms with Crippen molar-refractivity contribution in [2.24, 2.45) is 5.41 Å². The molecular formula is C16H20N2O5S. The number of carboxylic acid groups (broad SMARTS) is 1. The standard InChI is InChI=1S/C16H20N2O5S/c1-17-14(20)10-3-4-12(23-2)11(7-10)18-13(19)8-16(15(21)22)5-6-24-9-16/h3-4,7H,5-6,8-9H2,1-2H3,(H,17,20)(H,18,19)(H,21,22)/t16-/m0/s1. The van der Waals surface area contributed by atoms with Crippen LogP contribution in [0.2, 0.25) is 0 Å². The van der Waals surface area contributed by atoms with E-state index < -0.39 is 17.3 Å². The number of anilines is 1. The number of methoxy groups -OCH3 is 1. The summed E-state index contributed by atoms with van der Waals surface area (Å²) in [5, 5.41) is 14.6. The Morgan fingerprint density at radius 2 is 2.12 bits per heavy atom. The van der Waals surface area contributed by atoms with E-state index in [1.807, 2.05) is 0 Å². The highest BCUT2D eigenvalue weighted by Crippen LogP contribution is 2.39. The second-order valence-electron chi connectivity index (χ2n) is 5.61. The number of hydrogen-bond donors (Lipinski definition) is 3. The Labute approximate surface area is 144 Å². The third-order valence-corrected chi connectivity index (χ3v) is 5.27. The molecule has 0 radical (unpaired) electrons. The zero-order valence-electron chi connectivity index (χ0n) is 13.5. The number of nitrogens with one attached hydrogen (secondary N) is 2. The van der Waals surface area contributed by atoms with Crippen LogP contribution in [0.25, 0.3) is 0 Å². The molecule has 0 spiro atoms. The maximum absolute atomic E-state index is 12.4. The number of carbonyl (C=O) groups excluding carboxylic acids is 2. The molecule has 0 bridgehead atoms. The van der Waals surface area contributed by atoms with Crippen LogP contribution in [0.4, 0.5) is 5.69 Å². The summed E-state index contributed by atoms with van der Waals surface area (Å²) in [5.41, 5.74) is -0.312. The number of benzene rings is 1. The molecule has 1 atom stereocenters. The molecule has 1 aromatic carbocycles. The molecule has 0 unspecified atom stereocenters. The summed E-state index contributed by atoms with van der Waals surface area (Å²) in [6.45, 7) is 0. The van der Waals surface area contributed by atoms with E-state index in [0.717, 1.165) is 5.75 Å². The average molecular weight is 352 g/mol. The minimum Gasteiger partial charge on any atom is -0.495 e. The lowest BCUT2D eigenvalue weighted by molar-refractivity contribution is -0.149. The molecule has 0 aliphatic carbocycles. The molecule has 1 saturated heterocycles. The lowest BCUT2D eigenvalue weighted by Gasteiger charge is -2.22. The first-order valence-electron chi connectivity index (χ1n) is 7.43. The summed E-state index contributed by atoms with van der Waals surface area (Å²) >= 11 is 1.54. The molecule has 7 nitrogen and oxygen atoms in total. The van der Waals surface area contributed by atoms with Gasteiger partial charge in [-0.3, -0.25) is 14.4 Å². The molecular weight excluding hydrogens is 332 g/mol. The molecule has 1 aromatic rings. The van der Waals surface area contributed by atoms with E-state index in [1.54, 1.807) is 12.1 Å². The molecule has 24 heavy (non-hydrogen) atoms. The predicted octanol–water partition coefficient (Wildman–Crippen LogP) is 1.59. The minimum atomic E-state index is -1.03. The number of hydrogen-bond acceptors (Lipinski definition) is 5. The first kappa shape index (κ1) is 18.1. The number of carbonyl (C=O) groups is 3. The van der Waals surface area contributed by atoms with Crippen LogP contribution in [-0.2, 0) is 9.59 Å². The predicted molar refractivity (Wildman–Crippen MR) is 91.6 cm³/mol. The van der Waals surface area contributed by atoms with Gasteiger partial charge >= 0.3 is 5.97 Å². The van der Waals surface area contributed by atoms with Gasteiger partial charge in [-0.25, -0.2) is 0 Å². The van der Waals surface area contributed by atoms with Gasteiger partial charge in [-0.1, -0.05) is 0 Å². The molecule has 1 aliphatic heterocycles. The quantitative estimate of drug-likeness (QED) is 0.718. The number of aliphatic carboxylic acids is 1. The normalized spacial score (nSPS) is 19.6. The average Bonchev–Trinajstić information content (AvgIpc) is 3.03. The zero-order valence-corrected chi connectivity index (χ0v) is 14.4. The lowest BCUT2D eigenvalue weighted by atomic mass is 9.84. The van der Waals surface area contributed by atoms with Crippen LogP contribution < -0.4 is 15.4 Å². The first-order valence-corrected chi connectivity index (χ1v) is 8.58. The molecule has 3 N–H and O–H groups in total. The Kier molecular flexibility index (Phi) is 5.71. The van der Waals surface area contributed by atoms with Crippen LogP contribution in [-0.4, -0.2) is 48.6 Å². The van der Waals surface area contributed by atoms with Crippen molar-refractivity contribution < 1.29 is 24.2 Å². The number of ether oxygens (including phenoxy) is 1. The van der Waals surface area contributed by atoms with E-state index in [1.165, 1.54) is 32.0 Å². The maximum atomic E-state index is 12.4. The Morgan fingerprint density at radius 1 is 1.38 bits per heavy atom. The second-order valence-corrected chi connectivity index (χ2v) is 6.71. The Hall–Kier alpha value is -2.22. The summed E-state index contributed by atoms with van der Waals surface area (Å²) in [5.74, 6) is -0.0928. The van der Waals surface area contributed by atoms with Crippen molar-refractivity contribution in [1.82, 2.24) is 5.32 Å². The monoisotopic (exact) mass is 352 g/mol. The molecule has 1 aliphatic rings. The smallest absolute Gasteiger partial charge is 0.311 e. The Balaban J connectivity index is 2.18. The van der Waals surface area contributed by atoms with Crippen LogP contribution >= 0.6 is 11.8 Å². The highest BCUT2D eigenvalue weighted by Gasteiger charge is 2.43. The number of amides is 2. The molecule has 2 amide bonds. The summed E-state index contributed by atoms with van der Waals surface area (Å²) in [6.07, 6.45) is 0.360. The van der Waals surface area contributed by atoms with Crippen LogP contribution in [0.3, 0.4) is 0 Å². The fraction of sp³-hybridized carbons (Fsp3) is 0.438. The van der Waals surface area contributed by atoms with Crippen LogP contribution in [0.1, 0.15) is 23.2 Å². The fourth-order valence-electron chi connectivity index (χ4n) is 2.58. The molecule has 0 saturated carbocycles. The van der Waals surface area contributed by atoms with Crippen LogP contribution in [0.5, 0.6) is 5.75 Å². The summed E-state index contributed by atoms with van der Waals surface area (Å²) < 4.78 is 5.19. The van der Waals surface area contributed by atoms with Crippen molar-refractivity contribution >= 4 is 35.2 Å². The SMILES string of the molecule is CNC(=O)c1ccc(OC)c(NC(=O)C[C@@]2(C(=O)O)CCSC2)c1. The van der Waals surface area contributed by atoms with Gasteiger partial charge in [0.15, 0.2) is 0 Å². The van der Waals surface area contributed by atoms with E-state index >= 15 is 0 Å². The van der Waals surface area contributed by atoms with Crippen LogP contribution in [0.15, 0.2) is 18.2 Å². The minimum absolute atomic E-state index is 0.108. The van der Waals surface area contributed by atoms with Gasteiger partial charge in [0.1, 0.15) is 5.75 Å². The first-order chi connectivity index (χ1) is 11.4. The van der Waals surface area contributed by atoms with Crippen molar-refractivity contribution in [3.63, 3.8) is 0 Å². The van der Waals surface area contributed by atoms with Crippen LogP contribution in [0, 0.1) is 5.41 Å². The molecule has 8 heteroatoms. The van der Waals surface area contributed by atoms with E-state index in [2.05, 4.69) is 10.6 Å². The molecule has 0 aromatic heterocycles. The van der Waals surface area contributed by atoms with Gasteiger partial charge < -0.3 is 20.5 Å². The van der Waals surface area contributed by atoms with E-state index in [9.17, 15) is 19.5 Å². The summed E-state index contributed by atoms with van der Waals surface area (Å²) in [6, 6.07) is 4.67. The highest BCUT2D eigenvalue weighted by molar-refractivity contribution is 7.99. The van der Waals surface area contributed by atoms with Gasteiger partial charge in [-0.05, 0) is 30.4 Å². The van der Waals surface area contributed by atoms with Gasteiger partial charge in [-0.2, -0.15) is 11.8 Å². The van der Waals surface area contributed by atoms with Crippen molar-refractivity contribution in [1.29, 1.82) is 0 Å². The summed E-state index contributed by atoms with van der Waals surface area (Å²) in [7, 11) is 2.97. The number of rotatable bonds is 6. The van der Waals surface area contributed by atoms with Crippen molar-refractivity contribution in [3.8, 4) is 5.75 Å². The van der Waals surface area contributed by atoms with Gasteiger partial charge in [0.2, 0.25) is 5.91 Å². The van der Waals surface area contributed by atoms with Crippen molar-refractivity contribution in [2.45, 2.75) is 12.8 Å². The van der Waals surface area contributed by atoms with E-state index in [-0.39, 0.29) is 12.3 Å². The second kappa shape index (κ2) is 7.57. The highest BCUT2D eigenvalue weighted by atomic mass is 32.2. The largest absolute Gasteiger partial charge is 0.495 e. The topological polar surface area (TPSA) is 105 Å². The lowest BCUT2D eigenvalue weighted by Crippen LogP contribution is -2.35. The Morgan fingerprint density at radius 3 is 2.67 bits per heavy atom. The third-order valence-electron chi connectivity index (χ3n) is 4.02.